The van der Waals surface area contributed by atoms with Gasteiger partial charge in [-0.3, -0.25) is 4.79 Å². The Hall–Kier alpha value is -0.620. The summed E-state index contributed by atoms with van der Waals surface area (Å²) >= 11 is 0. The van der Waals surface area contributed by atoms with Crippen molar-refractivity contribution in [2.45, 2.75) is 58.4 Å². The van der Waals surface area contributed by atoms with Crippen LogP contribution in [-0.2, 0) is 14.8 Å². The Morgan fingerprint density at radius 2 is 1.86 bits per heavy atom. The van der Waals surface area contributed by atoms with Gasteiger partial charge in [-0.25, -0.2) is 13.1 Å². The summed E-state index contributed by atoms with van der Waals surface area (Å²) in [6, 6.07) is -0.118. The first-order valence-corrected chi connectivity index (χ1v) is 9.81. The fourth-order valence-electron chi connectivity index (χ4n) is 3.43. The van der Waals surface area contributed by atoms with Crippen LogP contribution in [0.4, 0.5) is 0 Å². The van der Waals surface area contributed by atoms with Crippen LogP contribution in [0.5, 0.6) is 0 Å². The zero-order chi connectivity index (χ0) is 15.5. The Kier molecular flexibility index (Phi) is 5.66. The summed E-state index contributed by atoms with van der Waals surface area (Å²) in [5.74, 6) is 0.662. The summed E-state index contributed by atoms with van der Waals surface area (Å²) in [6.45, 7) is 5.03. The Morgan fingerprint density at radius 1 is 1.19 bits per heavy atom. The summed E-state index contributed by atoms with van der Waals surface area (Å²) in [5.41, 5.74) is 0. The van der Waals surface area contributed by atoms with Gasteiger partial charge in [0.1, 0.15) is 0 Å². The lowest BCUT2D eigenvalue weighted by Crippen LogP contribution is -2.51. The molecule has 5 nitrogen and oxygen atoms in total. The second kappa shape index (κ2) is 7.09. The van der Waals surface area contributed by atoms with Gasteiger partial charge in [0.05, 0.1) is 5.75 Å². The Bertz CT molecular complexity index is 456. The van der Waals surface area contributed by atoms with Crippen LogP contribution in [0.1, 0.15) is 52.4 Å². The van der Waals surface area contributed by atoms with Gasteiger partial charge in [0.2, 0.25) is 15.9 Å². The lowest BCUT2D eigenvalue weighted by Gasteiger charge is -2.34. The van der Waals surface area contributed by atoms with Crippen LogP contribution in [0.15, 0.2) is 0 Å². The molecule has 1 amide bonds. The van der Waals surface area contributed by atoms with Gasteiger partial charge >= 0.3 is 0 Å². The van der Waals surface area contributed by atoms with E-state index in [9.17, 15) is 13.2 Å². The largest absolute Gasteiger partial charge is 0.341 e. The zero-order valence-corrected chi connectivity index (χ0v) is 14.0. The van der Waals surface area contributed by atoms with Crippen molar-refractivity contribution in [3.63, 3.8) is 0 Å². The molecule has 0 aromatic carbocycles. The molecule has 1 N–H and O–H groups in total. The van der Waals surface area contributed by atoms with Gasteiger partial charge in [-0.1, -0.05) is 26.7 Å². The number of carbonyl (C=O) groups is 1. The number of nitrogens with zero attached hydrogens (tertiary/aromatic N) is 1. The first-order valence-electron chi connectivity index (χ1n) is 8.16. The Morgan fingerprint density at radius 3 is 2.48 bits per heavy atom. The zero-order valence-electron chi connectivity index (χ0n) is 13.2. The maximum Gasteiger partial charge on any atom is 0.225 e. The molecule has 122 valence electrons. The van der Waals surface area contributed by atoms with E-state index in [1.165, 1.54) is 0 Å². The predicted molar refractivity (Wildman–Crippen MR) is 83.3 cm³/mol. The number of likely N-dealkylation sites (tertiary alicyclic amines) is 1. The fourth-order valence-corrected chi connectivity index (χ4v) is 5.18. The maximum absolute atomic E-state index is 12.3. The molecule has 1 unspecified atom stereocenters. The molecular weight excluding hydrogens is 288 g/mol. The van der Waals surface area contributed by atoms with Gasteiger partial charge in [0.15, 0.2) is 0 Å². The Labute approximate surface area is 128 Å². The highest BCUT2D eigenvalue weighted by atomic mass is 32.2. The van der Waals surface area contributed by atoms with Crippen LogP contribution in [-0.4, -0.2) is 44.1 Å². The number of hydrogen-bond acceptors (Lipinski definition) is 3. The number of carbonyl (C=O) groups excluding carboxylic acids is 1. The van der Waals surface area contributed by atoms with Crippen molar-refractivity contribution >= 4 is 15.9 Å². The van der Waals surface area contributed by atoms with Crippen LogP contribution in [0, 0.1) is 11.8 Å². The maximum atomic E-state index is 12.3. The summed E-state index contributed by atoms with van der Waals surface area (Å²) in [5, 5.41) is 0. The van der Waals surface area contributed by atoms with Gasteiger partial charge in [-0.05, 0) is 31.6 Å². The molecular formula is C15H28N2O3S. The molecule has 0 aromatic rings. The molecule has 2 aliphatic rings. The van der Waals surface area contributed by atoms with E-state index in [0.29, 0.717) is 12.5 Å². The normalized spacial score (nSPS) is 24.7. The lowest BCUT2D eigenvalue weighted by molar-refractivity contribution is -0.135. The molecule has 0 bridgehead atoms. The second-order valence-electron chi connectivity index (χ2n) is 6.83. The highest BCUT2D eigenvalue weighted by Gasteiger charge is 2.29. The van der Waals surface area contributed by atoms with Gasteiger partial charge in [0, 0.05) is 25.0 Å². The predicted octanol–water partition coefficient (Wildman–Crippen LogP) is 1.74. The van der Waals surface area contributed by atoms with E-state index >= 15 is 0 Å². The van der Waals surface area contributed by atoms with Gasteiger partial charge < -0.3 is 4.90 Å². The number of amides is 1. The number of rotatable bonds is 5. The molecule has 21 heavy (non-hydrogen) atoms. The van der Waals surface area contributed by atoms with Gasteiger partial charge in [-0.15, -0.1) is 0 Å². The average Bonchev–Trinajstić information content (AvgIpc) is 2.89. The topological polar surface area (TPSA) is 66.5 Å². The highest BCUT2D eigenvalue weighted by molar-refractivity contribution is 7.89. The van der Waals surface area contributed by atoms with Crippen molar-refractivity contribution in [2.75, 3.05) is 18.8 Å². The molecule has 2 rings (SSSR count). The molecule has 1 aliphatic carbocycles. The van der Waals surface area contributed by atoms with Crippen molar-refractivity contribution in [1.29, 1.82) is 0 Å². The monoisotopic (exact) mass is 316 g/mol. The van der Waals surface area contributed by atoms with Crippen LogP contribution in [0.25, 0.3) is 0 Å². The number of sulfonamides is 1. The van der Waals surface area contributed by atoms with E-state index in [2.05, 4.69) is 4.72 Å². The van der Waals surface area contributed by atoms with Crippen molar-refractivity contribution in [1.82, 2.24) is 9.62 Å². The minimum absolute atomic E-state index is 0.0288. The highest BCUT2D eigenvalue weighted by Crippen LogP contribution is 2.26. The van der Waals surface area contributed by atoms with Crippen LogP contribution in [0.2, 0.25) is 0 Å². The van der Waals surface area contributed by atoms with Crippen LogP contribution >= 0.6 is 0 Å². The third kappa shape index (κ3) is 4.95. The van der Waals surface area contributed by atoms with E-state index in [-0.39, 0.29) is 23.6 Å². The Balaban J connectivity index is 1.87. The molecule has 1 saturated heterocycles. The molecule has 1 heterocycles. The number of nitrogens with one attached hydrogen (secondary N) is 1. The second-order valence-corrected chi connectivity index (χ2v) is 8.63. The van der Waals surface area contributed by atoms with E-state index in [1.807, 2.05) is 13.8 Å². The molecule has 0 aromatic heterocycles. The van der Waals surface area contributed by atoms with Crippen molar-refractivity contribution in [2.24, 2.45) is 11.8 Å². The summed E-state index contributed by atoms with van der Waals surface area (Å²) in [6.07, 6.45) is 6.06. The quantitative estimate of drug-likeness (QED) is 0.840. The standard InChI is InChI=1S/C15H28N2O3S/c1-12(2)15(18)17-9-5-8-14(10-17)16-21(19,20)11-13-6-3-4-7-13/h12-14,16H,3-11H2,1-2H3. The van der Waals surface area contributed by atoms with E-state index in [0.717, 1.165) is 45.1 Å². The third-order valence-electron chi connectivity index (χ3n) is 4.50. The lowest BCUT2D eigenvalue weighted by atomic mass is 10.0. The van der Waals surface area contributed by atoms with E-state index < -0.39 is 10.0 Å². The molecule has 6 heteroatoms. The first-order chi connectivity index (χ1) is 9.87. The molecule has 1 saturated carbocycles. The van der Waals surface area contributed by atoms with Gasteiger partial charge in [0.25, 0.3) is 0 Å². The minimum atomic E-state index is -3.22. The van der Waals surface area contributed by atoms with Crippen molar-refractivity contribution < 1.29 is 13.2 Å². The summed E-state index contributed by atoms with van der Waals surface area (Å²) < 4.78 is 27.3. The molecule has 0 spiro atoms. The average molecular weight is 316 g/mol. The smallest absolute Gasteiger partial charge is 0.225 e. The summed E-state index contributed by atoms with van der Waals surface area (Å²) in [4.78, 5) is 13.8. The van der Waals surface area contributed by atoms with Crippen LogP contribution < -0.4 is 4.72 Å². The third-order valence-corrected chi connectivity index (χ3v) is 6.11. The molecule has 0 radical (unpaired) electrons. The van der Waals surface area contributed by atoms with Gasteiger partial charge in [-0.2, -0.15) is 0 Å². The number of piperidine rings is 1. The van der Waals surface area contributed by atoms with E-state index in [1.54, 1.807) is 4.90 Å². The minimum Gasteiger partial charge on any atom is -0.341 e. The van der Waals surface area contributed by atoms with E-state index in [4.69, 9.17) is 0 Å². The fraction of sp³-hybridized carbons (Fsp3) is 0.933. The summed E-state index contributed by atoms with van der Waals surface area (Å²) in [7, 11) is -3.22. The molecule has 2 fully saturated rings. The van der Waals surface area contributed by atoms with Crippen molar-refractivity contribution in [3.05, 3.63) is 0 Å². The van der Waals surface area contributed by atoms with Crippen LogP contribution in [0.3, 0.4) is 0 Å². The SMILES string of the molecule is CC(C)C(=O)N1CCCC(NS(=O)(=O)CC2CCCC2)C1. The number of hydrogen-bond donors (Lipinski definition) is 1. The first kappa shape index (κ1) is 16.7. The molecule has 1 aliphatic heterocycles. The molecule has 1 atom stereocenters. The van der Waals surface area contributed by atoms with Crippen molar-refractivity contribution in [3.8, 4) is 0 Å².